The summed E-state index contributed by atoms with van der Waals surface area (Å²) < 4.78 is 5.63. The van der Waals surface area contributed by atoms with E-state index in [2.05, 4.69) is 5.32 Å². The van der Waals surface area contributed by atoms with Gasteiger partial charge in [-0.25, -0.2) is 0 Å². The first kappa shape index (κ1) is 10.9. The zero-order valence-electron chi connectivity index (χ0n) is 9.20. The number of amides is 1. The molecule has 0 bridgehead atoms. The van der Waals surface area contributed by atoms with Crippen LogP contribution in [0.4, 0.5) is 5.69 Å². The Kier molecular flexibility index (Phi) is 2.49. The van der Waals surface area contributed by atoms with Crippen molar-refractivity contribution >= 4 is 23.2 Å². The largest absolute Gasteiger partial charge is 0.492 e. The average molecular weight is 253 g/mol. The summed E-state index contributed by atoms with van der Waals surface area (Å²) in [5, 5.41) is 3.23. The van der Waals surface area contributed by atoms with E-state index >= 15 is 0 Å². The molecule has 1 aliphatic carbocycles. The second kappa shape index (κ2) is 3.89. The summed E-state index contributed by atoms with van der Waals surface area (Å²) in [7, 11) is 0. The molecule has 3 N–H and O–H groups in total. The second-order valence-electron chi connectivity index (χ2n) is 4.59. The van der Waals surface area contributed by atoms with Crippen molar-refractivity contribution in [2.24, 2.45) is 11.7 Å². The Morgan fingerprint density at radius 3 is 2.94 bits per heavy atom. The molecular weight excluding hydrogens is 240 g/mol. The molecule has 1 amide bonds. The Morgan fingerprint density at radius 1 is 1.47 bits per heavy atom. The highest BCUT2D eigenvalue weighted by atomic mass is 35.5. The molecule has 1 unspecified atom stereocenters. The molecule has 0 spiro atoms. The van der Waals surface area contributed by atoms with Gasteiger partial charge in [-0.2, -0.15) is 0 Å². The van der Waals surface area contributed by atoms with Crippen LogP contribution in [0, 0.1) is 5.92 Å². The van der Waals surface area contributed by atoms with Gasteiger partial charge in [0, 0.05) is 17.3 Å². The Labute approximate surface area is 104 Å². The number of benzene rings is 1. The minimum atomic E-state index is -0.625. The summed E-state index contributed by atoms with van der Waals surface area (Å²) in [5.41, 5.74) is 7.17. The van der Waals surface area contributed by atoms with E-state index in [-0.39, 0.29) is 5.91 Å². The minimum Gasteiger partial charge on any atom is -0.492 e. The summed E-state index contributed by atoms with van der Waals surface area (Å²) in [6, 6.07) is 2.84. The summed E-state index contributed by atoms with van der Waals surface area (Å²) >= 11 is 6.11. The van der Waals surface area contributed by atoms with Crippen LogP contribution in [0.15, 0.2) is 12.1 Å². The van der Waals surface area contributed by atoms with Gasteiger partial charge in [0.05, 0.1) is 11.6 Å². The predicted molar refractivity (Wildman–Crippen MR) is 65.2 cm³/mol. The first-order valence-corrected chi connectivity index (χ1v) is 6.05. The zero-order valence-corrected chi connectivity index (χ0v) is 9.96. The van der Waals surface area contributed by atoms with E-state index in [0.29, 0.717) is 29.0 Å². The van der Waals surface area contributed by atoms with Gasteiger partial charge in [0.25, 0.3) is 0 Å². The van der Waals surface area contributed by atoms with Crippen molar-refractivity contribution < 1.29 is 9.53 Å². The number of carbonyl (C=O) groups excluding carboxylic acids is 1. The topological polar surface area (TPSA) is 64.4 Å². The number of carbonyl (C=O) groups is 1. The smallest absolute Gasteiger partial charge is 0.245 e. The molecule has 1 saturated carbocycles. The number of nitrogens with one attached hydrogen (secondary N) is 1. The highest BCUT2D eigenvalue weighted by molar-refractivity contribution is 6.32. The molecule has 0 radical (unpaired) electrons. The van der Waals surface area contributed by atoms with E-state index < -0.39 is 6.04 Å². The van der Waals surface area contributed by atoms with Gasteiger partial charge in [0.15, 0.2) is 0 Å². The average Bonchev–Trinajstić information content (AvgIpc) is 3.08. The van der Waals surface area contributed by atoms with Crippen LogP contribution in [0.2, 0.25) is 5.02 Å². The van der Waals surface area contributed by atoms with Crippen LogP contribution in [0.5, 0.6) is 5.75 Å². The van der Waals surface area contributed by atoms with E-state index in [1.807, 2.05) is 0 Å². The van der Waals surface area contributed by atoms with Crippen LogP contribution in [0.25, 0.3) is 0 Å². The van der Waals surface area contributed by atoms with Crippen molar-refractivity contribution in [3.8, 4) is 5.75 Å². The number of nitrogens with two attached hydrogens (primary N) is 1. The SMILES string of the molecule is NC1C(=O)Nc2cc(OCC3CC3)c(Cl)cc21. The molecule has 90 valence electrons. The fourth-order valence-corrected chi connectivity index (χ4v) is 2.12. The molecule has 4 nitrogen and oxygen atoms in total. The van der Waals surface area contributed by atoms with E-state index in [0.717, 1.165) is 5.56 Å². The van der Waals surface area contributed by atoms with Gasteiger partial charge in [-0.05, 0) is 24.8 Å². The molecule has 1 fully saturated rings. The highest BCUT2D eigenvalue weighted by Gasteiger charge is 2.29. The second-order valence-corrected chi connectivity index (χ2v) is 5.00. The van der Waals surface area contributed by atoms with Crippen molar-refractivity contribution in [3.63, 3.8) is 0 Å². The van der Waals surface area contributed by atoms with Crippen molar-refractivity contribution in [1.82, 2.24) is 0 Å². The van der Waals surface area contributed by atoms with Gasteiger partial charge in [-0.3, -0.25) is 4.79 Å². The third-order valence-corrected chi connectivity index (χ3v) is 3.45. The maximum atomic E-state index is 11.4. The number of ether oxygens (including phenoxy) is 1. The molecule has 1 aliphatic heterocycles. The van der Waals surface area contributed by atoms with Crippen LogP contribution in [0.1, 0.15) is 24.4 Å². The lowest BCUT2D eigenvalue weighted by Gasteiger charge is -2.10. The number of halogens is 1. The molecule has 5 heteroatoms. The van der Waals surface area contributed by atoms with Crippen LogP contribution in [0.3, 0.4) is 0 Å². The van der Waals surface area contributed by atoms with Gasteiger partial charge < -0.3 is 15.8 Å². The molecule has 3 rings (SSSR count). The quantitative estimate of drug-likeness (QED) is 0.866. The number of hydrogen-bond donors (Lipinski definition) is 2. The highest BCUT2D eigenvalue weighted by Crippen LogP contribution is 2.38. The van der Waals surface area contributed by atoms with Gasteiger partial charge in [-0.1, -0.05) is 11.6 Å². The van der Waals surface area contributed by atoms with Gasteiger partial charge in [0.2, 0.25) is 5.91 Å². The van der Waals surface area contributed by atoms with Crippen LogP contribution in [-0.2, 0) is 4.79 Å². The lowest BCUT2D eigenvalue weighted by atomic mass is 10.1. The number of hydrogen-bond acceptors (Lipinski definition) is 3. The Balaban J connectivity index is 1.86. The van der Waals surface area contributed by atoms with Crippen molar-refractivity contribution in [2.45, 2.75) is 18.9 Å². The lowest BCUT2D eigenvalue weighted by molar-refractivity contribution is -0.116. The van der Waals surface area contributed by atoms with Crippen LogP contribution >= 0.6 is 11.6 Å². The summed E-state index contributed by atoms with van der Waals surface area (Å²) in [5.74, 6) is 1.08. The molecule has 1 heterocycles. The third-order valence-electron chi connectivity index (χ3n) is 3.15. The fraction of sp³-hybridized carbons (Fsp3) is 0.417. The Bertz CT molecular complexity index is 486. The van der Waals surface area contributed by atoms with Crippen molar-refractivity contribution in [3.05, 3.63) is 22.7 Å². The first-order valence-electron chi connectivity index (χ1n) is 5.68. The lowest BCUT2D eigenvalue weighted by Crippen LogP contribution is -2.19. The van der Waals surface area contributed by atoms with E-state index in [9.17, 15) is 4.79 Å². The molecule has 1 aromatic rings. The van der Waals surface area contributed by atoms with Gasteiger partial charge >= 0.3 is 0 Å². The number of fused-ring (bicyclic) bond motifs is 1. The molecule has 2 aliphatic rings. The normalized spacial score (nSPS) is 22.2. The van der Waals surface area contributed by atoms with E-state index in [4.69, 9.17) is 22.1 Å². The third kappa shape index (κ3) is 1.98. The molecular formula is C12H13ClN2O2. The summed E-state index contributed by atoms with van der Waals surface area (Å²) in [6.45, 7) is 0.693. The molecule has 1 aromatic carbocycles. The molecule has 0 aromatic heterocycles. The summed E-state index contributed by atoms with van der Waals surface area (Å²) in [6.07, 6.45) is 2.45. The number of rotatable bonds is 3. The van der Waals surface area contributed by atoms with Crippen molar-refractivity contribution in [1.29, 1.82) is 0 Å². The maximum Gasteiger partial charge on any atom is 0.245 e. The number of anilines is 1. The Morgan fingerprint density at radius 2 is 2.24 bits per heavy atom. The summed E-state index contributed by atoms with van der Waals surface area (Å²) in [4.78, 5) is 11.4. The van der Waals surface area contributed by atoms with E-state index in [1.54, 1.807) is 12.1 Å². The molecule has 0 saturated heterocycles. The molecule has 17 heavy (non-hydrogen) atoms. The standard InChI is InChI=1S/C12H13ClN2O2/c13-8-3-7-9(15-12(16)11(7)14)4-10(8)17-5-6-1-2-6/h3-4,6,11H,1-2,5,14H2,(H,15,16). The van der Waals surface area contributed by atoms with Crippen LogP contribution in [-0.4, -0.2) is 12.5 Å². The van der Waals surface area contributed by atoms with Gasteiger partial charge in [0.1, 0.15) is 11.8 Å². The minimum absolute atomic E-state index is 0.199. The molecule has 1 atom stereocenters. The van der Waals surface area contributed by atoms with Crippen molar-refractivity contribution in [2.75, 3.05) is 11.9 Å². The Hall–Kier alpha value is -1.26. The maximum absolute atomic E-state index is 11.4. The first-order chi connectivity index (χ1) is 8.15. The monoisotopic (exact) mass is 252 g/mol. The predicted octanol–water partition coefficient (Wildman–Crippen LogP) is 2.08. The fourth-order valence-electron chi connectivity index (χ4n) is 1.89. The van der Waals surface area contributed by atoms with E-state index in [1.165, 1.54) is 12.8 Å². The van der Waals surface area contributed by atoms with Crippen LogP contribution < -0.4 is 15.8 Å². The van der Waals surface area contributed by atoms with Gasteiger partial charge in [-0.15, -0.1) is 0 Å². The zero-order chi connectivity index (χ0) is 12.0.